The summed E-state index contributed by atoms with van der Waals surface area (Å²) in [6.45, 7) is 2.21. The minimum absolute atomic E-state index is 0.166. The van der Waals surface area contributed by atoms with Gasteiger partial charge in [0.2, 0.25) is 0 Å². The molecule has 2 aromatic rings. The van der Waals surface area contributed by atoms with Crippen molar-refractivity contribution in [3.8, 4) is 11.5 Å². The van der Waals surface area contributed by atoms with Crippen LogP contribution in [0.15, 0.2) is 58.4 Å². The number of carboxylic acids is 1. The van der Waals surface area contributed by atoms with E-state index >= 15 is 0 Å². The molecule has 0 aromatic heterocycles. The van der Waals surface area contributed by atoms with Crippen molar-refractivity contribution in [3.63, 3.8) is 0 Å². The molecule has 0 radical (unpaired) electrons. The molecular weight excluding hydrogens is 432 g/mol. The Bertz CT molecular complexity index is 1040. The summed E-state index contributed by atoms with van der Waals surface area (Å²) < 4.78 is 15.9. The molecule has 1 saturated heterocycles. The molecule has 1 aliphatic rings. The molecule has 0 spiro atoms. The van der Waals surface area contributed by atoms with Crippen molar-refractivity contribution < 1.29 is 28.9 Å². The molecule has 9 heteroatoms. The van der Waals surface area contributed by atoms with E-state index in [-0.39, 0.29) is 5.91 Å². The van der Waals surface area contributed by atoms with Crippen molar-refractivity contribution in [2.24, 2.45) is 4.99 Å². The topological polar surface area (TPSA) is 97.7 Å². The van der Waals surface area contributed by atoms with E-state index in [2.05, 4.69) is 4.99 Å². The van der Waals surface area contributed by atoms with Crippen LogP contribution in [0.25, 0.3) is 6.08 Å². The molecule has 0 saturated carbocycles. The monoisotopic (exact) mass is 456 g/mol. The molecule has 2 aromatic carbocycles. The maximum atomic E-state index is 13.0. The second-order valence-electron chi connectivity index (χ2n) is 6.80. The molecule has 1 aliphatic heterocycles. The number of hydrogen-bond donors (Lipinski definition) is 1. The Hall–Kier alpha value is -3.30. The molecule has 0 unspecified atom stereocenters. The van der Waals surface area contributed by atoms with Crippen LogP contribution in [0.2, 0.25) is 0 Å². The number of benzene rings is 2. The zero-order valence-electron chi connectivity index (χ0n) is 18.0. The minimum atomic E-state index is -1.08. The average molecular weight is 457 g/mol. The average Bonchev–Trinajstić information content (AvgIpc) is 3.07. The summed E-state index contributed by atoms with van der Waals surface area (Å²) in [6.07, 6.45) is 0.721. The zero-order valence-corrected chi connectivity index (χ0v) is 18.8. The number of aliphatic carboxylic acids is 1. The van der Waals surface area contributed by atoms with Gasteiger partial charge in [-0.25, -0.2) is 9.79 Å². The summed E-state index contributed by atoms with van der Waals surface area (Å²) in [7, 11) is 3.05. The Morgan fingerprint density at radius 2 is 1.94 bits per heavy atom. The van der Waals surface area contributed by atoms with Gasteiger partial charge in [0.05, 0.1) is 30.9 Å². The Balaban J connectivity index is 1.89. The van der Waals surface area contributed by atoms with Crippen LogP contribution < -0.4 is 9.47 Å². The molecule has 1 heterocycles. The number of para-hydroxylation sites is 1. The number of carbonyl (C=O) groups excluding carboxylic acids is 1. The van der Waals surface area contributed by atoms with Gasteiger partial charge < -0.3 is 19.3 Å². The fraction of sp³-hybridized carbons (Fsp3) is 0.261. The first-order valence-electron chi connectivity index (χ1n) is 9.84. The fourth-order valence-corrected chi connectivity index (χ4v) is 3.87. The highest BCUT2D eigenvalue weighted by Gasteiger charge is 2.33. The first-order chi connectivity index (χ1) is 15.4. The fourth-order valence-electron chi connectivity index (χ4n) is 2.85. The van der Waals surface area contributed by atoms with Crippen molar-refractivity contribution >= 4 is 40.6 Å². The smallest absolute Gasteiger partial charge is 0.344 e. The summed E-state index contributed by atoms with van der Waals surface area (Å²) in [5, 5.41) is 9.63. The summed E-state index contributed by atoms with van der Waals surface area (Å²) in [5.74, 6) is -0.562. The van der Waals surface area contributed by atoms with Crippen molar-refractivity contribution in [1.82, 2.24) is 4.90 Å². The van der Waals surface area contributed by atoms with Gasteiger partial charge >= 0.3 is 5.97 Å². The van der Waals surface area contributed by atoms with Crippen molar-refractivity contribution in [2.45, 2.75) is 13.0 Å². The first-order valence-corrected chi connectivity index (χ1v) is 10.7. The van der Waals surface area contributed by atoms with E-state index in [9.17, 15) is 9.59 Å². The molecule has 1 amide bonds. The van der Waals surface area contributed by atoms with Crippen LogP contribution in [0.5, 0.6) is 11.5 Å². The number of methoxy groups -OCH3 is 2. The lowest BCUT2D eigenvalue weighted by Crippen LogP contribution is -2.32. The normalized spacial score (nSPS) is 17.1. The molecule has 0 aliphatic carbocycles. The van der Waals surface area contributed by atoms with E-state index in [4.69, 9.17) is 19.3 Å². The van der Waals surface area contributed by atoms with E-state index in [0.717, 1.165) is 5.69 Å². The molecule has 1 fully saturated rings. The second-order valence-corrected chi connectivity index (χ2v) is 7.81. The van der Waals surface area contributed by atoms with Crippen LogP contribution in [0.1, 0.15) is 12.5 Å². The molecule has 1 N–H and O–H groups in total. The Morgan fingerprint density at radius 3 is 2.59 bits per heavy atom. The van der Waals surface area contributed by atoms with Crippen LogP contribution in [0.4, 0.5) is 5.69 Å². The number of aliphatic imine (C=N–C) groups is 1. The predicted molar refractivity (Wildman–Crippen MR) is 123 cm³/mol. The van der Waals surface area contributed by atoms with Crippen molar-refractivity contribution in [2.75, 3.05) is 27.4 Å². The summed E-state index contributed by atoms with van der Waals surface area (Å²) in [5.41, 5.74) is 1.46. The number of carbonyl (C=O) groups is 2. The Labute approximate surface area is 190 Å². The minimum Gasteiger partial charge on any atom is -0.493 e. The summed E-state index contributed by atoms with van der Waals surface area (Å²) >= 11 is 1.28. The lowest BCUT2D eigenvalue weighted by Gasteiger charge is -2.15. The number of ether oxygens (including phenoxy) is 3. The lowest BCUT2D eigenvalue weighted by atomic mass is 10.2. The maximum absolute atomic E-state index is 13.0. The number of thioether (sulfide) groups is 1. The largest absolute Gasteiger partial charge is 0.493 e. The van der Waals surface area contributed by atoms with E-state index in [1.165, 1.54) is 25.8 Å². The van der Waals surface area contributed by atoms with E-state index in [1.807, 2.05) is 30.3 Å². The van der Waals surface area contributed by atoms with Gasteiger partial charge in [-0.15, -0.1) is 0 Å². The SMILES string of the molecule is COCCN1C(=O)/C(=C\c2ccc(O[C@@H](C)C(=O)O)c(OC)c2)SC1=Nc1ccccc1. The van der Waals surface area contributed by atoms with Crippen LogP contribution in [-0.4, -0.2) is 60.5 Å². The molecular formula is C23H24N2O6S. The Kier molecular flexibility index (Phi) is 7.91. The van der Waals surface area contributed by atoms with Crippen LogP contribution in [0, 0.1) is 0 Å². The van der Waals surface area contributed by atoms with E-state index in [0.29, 0.717) is 40.3 Å². The summed E-state index contributed by atoms with van der Waals surface area (Å²) in [4.78, 5) is 30.8. The number of amidine groups is 1. The highest BCUT2D eigenvalue weighted by Crippen LogP contribution is 2.36. The van der Waals surface area contributed by atoms with Crippen LogP contribution in [-0.2, 0) is 14.3 Å². The highest BCUT2D eigenvalue weighted by molar-refractivity contribution is 8.18. The van der Waals surface area contributed by atoms with Gasteiger partial charge in [0, 0.05) is 7.11 Å². The third-order valence-corrected chi connectivity index (χ3v) is 5.53. The van der Waals surface area contributed by atoms with E-state index in [1.54, 1.807) is 36.3 Å². The van der Waals surface area contributed by atoms with Gasteiger partial charge in [-0.2, -0.15) is 0 Å². The highest BCUT2D eigenvalue weighted by atomic mass is 32.2. The molecule has 0 bridgehead atoms. The number of hydrogen-bond acceptors (Lipinski definition) is 7. The first kappa shape index (κ1) is 23.4. The van der Waals surface area contributed by atoms with Gasteiger partial charge in [-0.1, -0.05) is 24.3 Å². The van der Waals surface area contributed by atoms with E-state index < -0.39 is 12.1 Å². The van der Waals surface area contributed by atoms with Crippen LogP contribution in [0.3, 0.4) is 0 Å². The number of nitrogens with zero attached hydrogens (tertiary/aromatic N) is 2. The second kappa shape index (κ2) is 10.8. The summed E-state index contributed by atoms with van der Waals surface area (Å²) in [6, 6.07) is 14.5. The third kappa shape index (κ3) is 5.68. The predicted octanol–water partition coefficient (Wildman–Crippen LogP) is 3.80. The standard InChI is InChI=1S/C23H24N2O6S/c1-15(22(27)28)31-18-10-9-16(13-19(18)30-3)14-20-21(26)25(11-12-29-2)23(32-20)24-17-7-5-4-6-8-17/h4-10,13-15H,11-12H2,1-3H3,(H,27,28)/b20-14+,24-23?/t15-/m0/s1. The van der Waals surface area contributed by atoms with Gasteiger partial charge in [0.25, 0.3) is 5.91 Å². The molecule has 168 valence electrons. The number of rotatable bonds is 9. The number of amides is 1. The van der Waals surface area contributed by atoms with Crippen LogP contribution >= 0.6 is 11.8 Å². The molecule has 1 atom stereocenters. The van der Waals surface area contributed by atoms with Gasteiger partial charge in [0.1, 0.15) is 0 Å². The maximum Gasteiger partial charge on any atom is 0.344 e. The number of carboxylic acid groups (broad SMARTS) is 1. The quantitative estimate of drug-likeness (QED) is 0.573. The van der Waals surface area contributed by atoms with Crippen molar-refractivity contribution in [3.05, 3.63) is 59.0 Å². The molecule has 3 rings (SSSR count). The van der Waals surface area contributed by atoms with Gasteiger partial charge in [-0.3, -0.25) is 9.69 Å². The van der Waals surface area contributed by atoms with Crippen molar-refractivity contribution in [1.29, 1.82) is 0 Å². The Morgan fingerprint density at radius 1 is 1.19 bits per heavy atom. The third-order valence-electron chi connectivity index (χ3n) is 4.52. The molecule has 32 heavy (non-hydrogen) atoms. The molecule has 8 nitrogen and oxygen atoms in total. The van der Waals surface area contributed by atoms with Gasteiger partial charge in [0.15, 0.2) is 22.8 Å². The lowest BCUT2D eigenvalue weighted by molar-refractivity contribution is -0.144. The van der Waals surface area contributed by atoms with Gasteiger partial charge in [-0.05, 0) is 54.6 Å². The zero-order chi connectivity index (χ0) is 23.1.